The third-order valence-electron chi connectivity index (χ3n) is 2.93. The van der Waals surface area contributed by atoms with Crippen molar-refractivity contribution in [2.75, 3.05) is 31.2 Å². The summed E-state index contributed by atoms with van der Waals surface area (Å²) in [4.78, 5) is 24.4. The van der Waals surface area contributed by atoms with Gasteiger partial charge in [-0.2, -0.15) is 11.8 Å². The summed E-state index contributed by atoms with van der Waals surface area (Å²) in [6.45, 7) is 1.03. The molecule has 0 aromatic rings. The number of aliphatic carboxylic acids is 1. The second-order valence-electron chi connectivity index (χ2n) is 4.04. The van der Waals surface area contributed by atoms with Crippen LogP contribution in [0.4, 0.5) is 0 Å². The van der Waals surface area contributed by atoms with Crippen LogP contribution in [0.15, 0.2) is 0 Å². The fourth-order valence-electron chi connectivity index (χ4n) is 1.99. The van der Waals surface area contributed by atoms with Crippen molar-refractivity contribution in [3.8, 4) is 0 Å². The molecule has 2 unspecified atom stereocenters. The summed E-state index contributed by atoms with van der Waals surface area (Å²) < 4.78 is 5.08. The predicted molar refractivity (Wildman–Crippen MR) is 59.4 cm³/mol. The Morgan fingerprint density at radius 1 is 1.44 bits per heavy atom. The number of nitrogens with zero attached hydrogens (tertiary/aromatic N) is 1. The van der Waals surface area contributed by atoms with E-state index in [4.69, 9.17) is 9.84 Å². The molecule has 0 spiro atoms. The Hall–Kier alpha value is -0.750. The van der Waals surface area contributed by atoms with Gasteiger partial charge in [0.15, 0.2) is 6.10 Å². The van der Waals surface area contributed by atoms with Gasteiger partial charge in [-0.15, -0.1) is 0 Å². The van der Waals surface area contributed by atoms with Gasteiger partial charge in [0.05, 0.1) is 13.2 Å². The van der Waals surface area contributed by atoms with Crippen LogP contribution in [0.1, 0.15) is 6.42 Å². The SMILES string of the molecule is O=C(O)C1CN(C(=O)C2CCSC2)CCO1. The summed E-state index contributed by atoms with van der Waals surface area (Å²) in [5, 5.41) is 8.84. The summed E-state index contributed by atoms with van der Waals surface area (Å²) in [6.07, 6.45) is 0.0604. The maximum atomic E-state index is 12.0. The monoisotopic (exact) mass is 245 g/mol. The molecule has 0 aliphatic carbocycles. The fraction of sp³-hybridized carbons (Fsp3) is 0.800. The zero-order valence-electron chi connectivity index (χ0n) is 8.92. The van der Waals surface area contributed by atoms with Gasteiger partial charge >= 0.3 is 5.97 Å². The average molecular weight is 245 g/mol. The van der Waals surface area contributed by atoms with E-state index in [0.717, 1.165) is 17.9 Å². The molecule has 0 saturated carbocycles. The normalized spacial score (nSPS) is 30.4. The standard InChI is InChI=1S/C10H15NO4S/c12-9(7-1-4-16-6-7)11-2-3-15-8(5-11)10(13)14/h7-8H,1-6H2,(H,13,14). The van der Waals surface area contributed by atoms with Crippen molar-refractivity contribution in [1.29, 1.82) is 0 Å². The van der Waals surface area contributed by atoms with E-state index in [1.54, 1.807) is 16.7 Å². The van der Waals surface area contributed by atoms with Crippen LogP contribution in [-0.4, -0.2) is 59.2 Å². The Balaban J connectivity index is 1.93. The van der Waals surface area contributed by atoms with Gasteiger partial charge in [0.1, 0.15) is 0 Å². The van der Waals surface area contributed by atoms with Crippen molar-refractivity contribution < 1.29 is 19.4 Å². The highest BCUT2D eigenvalue weighted by Gasteiger charge is 2.33. The van der Waals surface area contributed by atoms with E-state index in [9.17, 15) is 9.59 Å². The van der Waals surface area contributed by atoms with E-state index in [0.29, 0.717) is 13.2 Å². The number of hydrogen-bond donors (Lipinski definition) is 1. The highest BCUT2D eigenvalue weighted by atomic mass is 32.2. The van der Waals surface area contributed by atoms with Crippen LogP contribution in [0.2, 0.25) is 0 Å². The first-order valence-corrected chi connectivity index (χ1v) is 6.55. The highest BCUT2D eigenvalue weighted by molar-refractivity contribution is 7.99. The molecule has 90 valence electrons. The first kappa shape index (κ1) is 11.7. The second-order valence-corrected chi connectivity index (χ2v) is 5.19. The van der Waals surface area contributed by atoms with Crippen molar-refractivity contribution in [3.63, 3.8) is 0 Å². The van der Waals surface area contributed by atoms with Crippen LogP contribution in [0.5, 0.6) is 0 Å². The van der Waals surface area contributed by atoms with Crippen LogP contribution in [0.25, 0.3) is 0 Å². The molecule has 2 aliphatic rings. The number of thioether (sulfide) groups is 1. The lowest BCUT2D eigenvalue weighted by molar-refractivity contribution is -0.160. The topological polar surface area (TPSA) is 66.8 Å². The Bertz CT molecular complexity index is 291. The molecular weight excluding hydrogens is 230 g/mol. The molecule has 2 heterocycles. The summed E-state index contributed by atoms with van der Waals surface area (Å²) in [6, 6.07) is 0. The number of morpholine rings is 1. The molecule has 2 fully saturated rings. The molecule has 0 aromatic carbocycles. The number of amides is 1. The highest BCUT2D eigenvalue weighted by Crippen LogP contribution is 2.25. The minimum atomic E-state index is -0.988. The van der Waals surface area contributed by atoms with E-state index >= 15 is 0 Å². The number of carbonyl (C=O) groups excluding carboxylic acids is 1. The maximum absolute atomic E-state index is 12.0. The predicted octanol–water partition coefficient (Wildman–Crippen LogP) is 0.0515. The molecule has 1 amide bonds. The van der Waals surface area contributed by atoms with Gasteiger partial charge < -0.3 is 14.7 Å². The number of hydrogen-bond acceptors (Lipinski definition) is 4. The molecule has 0 bridgehead atoms. The van der Waals surface area contributed by atoms with E-state index in [-0.39, 0.29) is 18.4 Å². The molecule has 0 radical (unpaired) electrons. The van der Waals surface area contributed by atoms with Gasteiger partial charge in [0.25, 0.3) is 0 Å². The molecule has 2 atom stereocenters. The van der Waals surface area contributed by atoms with E-state index in [1.165, 1.54) is 0 Å². The number of ether oxygens (including phenoxy) is 1. The lowest BCUT2D eigenvalue weighted by Gasteiger charge is -2.32. The number of carbonyl (C=O) groups is 2. The Morgan fingerprint density at radius 3 is 2.88 bits per heavy atom. The lowest BCUT2D eigenvalue weighted by Crippen LogP contribution is -2.50. The largest absolute Gasteiger partial charge is 0.479 e. The fourth-order valence-corrected chi connectivity index (χ4v) is 3.20. The number of carboxylic acid groups (broad SMARTS) is 1. The Labute approximate surface area is 98.1 Å². The van der Waals surface area contributed by atoms with Gasteiger partial charge in [-0.1, -0.05) is 0 Å². The van der Waals surface area contributed by atoms with Crippen molar-refractivity contribution in [2.45, 2.75) is 12.5 Å². The van der Waals surface area contributed by atoms with Gasteiger partial charge in [0, 0.05) is 18.2 Å². The quantitative estimate of drug-likeness (QED) is 0.744. The molecule has 0 aromatic heterocycles. The smallest absolute Gasteiger partial charge is 0.334 e. The third-order valence-corrected chi connectivity index (χ3v) is 4.09. The van der Waals surface area contributed by atoms with Crippen LogP contribution >= 0.6 is 11.8 Å². The van der Waals surface area contributed by atoms with Crippen LogP contribution < -0.4 is 0 Å². The number of carboxylic acids is 1. The zero-order valence-corrected chi connectivity index (χ0v) is 9.74. The van der Waals surface area contributed by atoms with Crippen molar-refractivity contribution >= 4 is 23.6 Å². The number of rotatable bonds is 2. The zero-order chi connectivity index (χ0) is 11.5. The molecule has 2 aliphatic heterocycles. The van der Waals surface area contributed by atoms with Crippen LogP contribution in [-0.2, 0) is 14.3 Å². The molecule has 16 heavy (non-hydrogen) atoms. The van der Waals surface area contributed by atoms with E-state index in [1.807, 2.05) is 0 Å². The van der Waals surface area contributed by atoms with Crippen molar-refractivity contribution in [3.05, 3.63) is 0 Å². The van der Waals surface area contributed by atoms with Crippen molar-refractivity contribution in [2.24, 2.45) is 5.92 Å². The van der Waals surface area contributed by atoms with Gasteiger partial charge in [-0.05, 0) is 12.2 Å². The Morgan fingerprint density at radius 2 is 2.25 bits per heavy atom. The third kappa shape index (κ3) is 2.49. The maximum Gasteiger partial charge on any atom is 0.334 e. The van der Waals surface area contributed by atoms with E-state index in [2.05, 4.69) is 0 Å². The Kier molecular flexibility index (Phi) is 3.70. The van der Waals surface area contributed by atoms with E-state index < -0.39 is 12.1 Å². The van der Waals surface area contributed by atoms with Crippen LogP contribution in [0.3, 0.4) is 0 Å². The van der Waals surface area contributed by atoms with Crippen molar-refractivity contribution in [1.82, 2.24) is 4.90 Å². The first-order chi connectivity index (χ1) is 7.68. The first-order valence-electron chi connectivity index (χ1n) is 5.39. The molecule has 5 nitrogen and oxygen atoms in total. The average Bonchev–Trinajstić information content (AvgIpc) is 2.81. The summed E-state index contributed by atoms with van der Waals surface area (Å²) >= 11 is 1.79. The minimum absolute atomic E-state index is 0.0811. The molecule has 6 heteroatoms. The lowest BCUT2D eigenvalue weighted by atomic mass is 10.1. The molecule has 2 saturated heterocycles. The molecule has 2 rings (SSSR count). The summed E-state index contributed by atoms with van der Waals surface area (Å²) in [5.74, 6) is 1.09. The second kappa shape index (κ2) is 5.05. The molecular formula is C10H15NO4S. The van der Waals surface area contributed by atoms with Gasteiger partial charge in [-0.25, -0.2) is 4.79 Å². The molecule has 1 N–H and O–H groups in total. The van der Waals surface area contributed by atoms with Gasteiger partial charge in [-0.3, -0.25) is 4.79 Å². The van der Waals surface area contributed by atoms with Crippen LogP contribution in [0, 0.1) is 5.92 Å². The summed E-state index contributed by atoms with van der Waals surface area (Å²) in [7, 11) is 0. The van der Waals surface area contributed by atoms with Gasteiger partial charge in [0.2, 0.25) is 5.91 Å². The minimum Gasteiger partial charge on any atom is -0.479 e. The summed E-state index contributed by atoms with van der Waals surface area (Å²) in [5.41, 5.74) is 0.